The molecule has 2 aromatic heterocycles. The van der Waals surface area contributed by atoms with E-state index < -0.39 is 41.3 Å². The Hall–Kier alpha value is -4.19. The maximum atomic E-state index is 14.9. The van der Waals surface area contributed by atoms with Crippen LogP contribution in [-0.2, 0) is 6.18 Å². The first-order valence-corrected chi connectivity index (χ1v) is 12.1. The molecule has 0 saturated carbocycles. The van der Waals surface area contributed by atoms with Crippen molar-refractivity contribution in [2.45, 2.75) is 25.3 Å². The number of aryl methyl sites for hydroxylation is 1. The van der Waals surface area contributed by atoms with Gasteiger partial charge in [-0.15, -0.1) is 0 Å². The number of carbonyl (C=O) groups excluding carboxylic acids is 2. The van der Waals surface area contributed by atoms with Crippen LogP contribution in [0.25, 0.3) is 16.8 Å². The summed E-state index contributed by atoms with van der Waals surface area (Å²) in [5.41, 5.74) is 5.47. The van der Waals surface area contributed by atoms with Crippen molar-refractivity contribution < 1.29 is 27.2 Å². The molecule has 0 spiro atoms. The number of alkyl halides is 4. The number of hydrogen-bond donors (Lipinski definition) is 2. The van der Waals surface area contributed by atoms with E-state index in [1.165, 1.54) is 17.0 Å². The van der Waals surface area contributed by atoms with Crippen molar-refractivity contribution in [2.24, 2.45) is 0 Å². The lowest BCUT2D eigenvalue weighted by Crippen LogP contribution is -2.42. The van der Waals surface area contributed by atoms with Crippen molar-refractivity contribution in [3.05, 3.63) is 82.1 Å². The number of fused-ring (bicyclic) bond motifs is 1. The van der Waals surface area contributed by atoms with Gasteiger partial charge in [-0.2, -0.15) is 18.3 Å². The first kappa shape index (κ1) is 26.4. The summed E-state index contributed by atoms with van der Waals surface area (Å²) < 4.78 is 57.1. The Morgan fingerprint density at radius 2 is 1.85 bits per heavy atom. The summed E-state index contributed by atoms with van der Waals surface area (Å²) >= 11 is 6.10. The molecule has 202 valence electrons. The summed E-state index contributed by atoms with van der Waals surface area (Å²) in [4.78, 5) is 31.0. The average molecular weight is 561 g/mol. The van der Waals surface area contributed by atoms with Gasteiger partial charge in [0.25, 0.3) is 11.8 Å². The number of nitrogens with zero attached hydrogens (tertiary/aromatic N) is 4. The standard InChI is InChI=1S/C26H21ClF4N6O2/c1-13-6-7-14(21-9-17(26(29,30)31)22-23(32)33-12-34-37(21)22)8-16(13)24(38)35-20-11-36(10-19(20)28)25(39)15-4-2-3-5-18(15)27/h2-9,12,19-20H,10-11H2,1H3,(H,35,38)(H2,32,33,34)/t19-,20+/m0/s1. The quantitative estimate of drug-likeness (QED) is 0.356. The molecule has 3 heterocycles. The second kappa shape index (κ2) is 9.84. The van der Waals surface area contributed by atoms with E-state index in [4.69, 9.17) is 17.3 Å². The summed E-state index contributed by atoms with van der Waals surface area (Å²) in [6.45, 7) is 1.33. The molecule has 39 heavy (non-hydrogen) atoms. The van der Waals surface area contributed by atoms with Crippen LogP contribution in [0.1, 0.15) is 31.8 Å². The number of amides is 2. The van der Waals surface area contributed by atoms with Crippen molar-refractivity contribution in [2.75, 3.05) is 18.8 Å². The Labute approximate surface area is 224 Å². The van der Waals surface area contributed by atoms with Gasteiger partial charge in [-0.1, -0.05) is 35.9 Å². The van der Waals surface area contributed by atoms with Gasteiger partial charge in [0.15, 0.2) is 5.82 Å². The van der Waals surface area contributed by atoms with E-state index in [1.807, 2.05) is 0 Å². The van der Waals surface area contributed by atoms with E-state index in [9.17, 15) is 27.2 Å². The molecule has 1 saturated heterocycles. The molecule has 0 radical (unpaired) electrons. The second-order valence-electron chi connectivity index (χ2n) is 9.16. The molecule has 8 nitrogen and oxygen atoms in total. The van der Waals surface area contributed by atoms with Crippen LogP contribution in [0.4, 0.5) is 23.4 Å². The maximum absolute atomic E-state index is 14.9. The van der Waals surface area contributed by atoms with Gasteiger partial charge in [0, 0.05) is 17.7 Å². The molecule has 1 aliphatic heterocycles. The van der Waals surface area contributed by atoms with Crippen LogP contribution in [0.2, 0.25) is 5.02 Å². The lowest BCUT2D eigenvalue weighted by Gasteiger charge is -2.18. The summed E-state index contributed by atoms with van der Waals surface area (Å²) in [5.74, 6) is -1.44. The first-order chi connectivity index (χ1) is 18.5. The van der Waals surface area contributed by atoms with Crippen molar-refractivity contribution in [3.63, 3.8) is 0 Å². The van der Waals surface area contributed by atoms with Gasteiger partial charge in [0.1, 0.15) is 18.0 Å². The second-order valence-corrected chi connectivity index (χ2v) is 9.57. The molecule has 13 heteroatoms. The van der Waals surface area contributed by atoms with Crippen LogP contribution < -0.4 is 11.1 Å². The van der Waals surface area contributed by atoms with E-state index in [2.05, 4.69) is 15.4 Å². The Kier molecular flexibility index (Phi) is 6.67. The molecule has 1 fully saturated rings. The van der Waals surface area contributed by atoms with Crippen molar-refractivity contribution in [3.8, 4) is 11.3 Å². The van der Waals surface area contributed by atoms with Crippen LogP contribution in [0.5, 0.6) is 0 Å². The van der Waals surface area contributed by atoms with E-state index in [1.54, 1.807) is 37.3 Å². The summed E-state index contributed by atoms with van der Waals surface area (Å²) in [5, 5.41) is 6.78. The minimum absolute atomic E-state index is 0.0428. The van der Waals surface area contributed by atoms with Gasteiger partial charge in [0.2, 0.25) is 0 Å². The number of nitrogen functional groups attached to an aromatic ring is 1. The van der Waals surface area contributed by atoms with Crippen LogP contribution in [-0.4, -0.2) is 56.6 Å². The highest BCUT2D eigenvalue weighted by Crippen LogP contribution is 2.39. The minimum atomic E-state index is -4.72. The normalized spacial score (nSPS) is 17.5. The SMILES string of the molecule is Cc1ccc(-c2cc(C(F)(F)F)c3c(N)ncnn23)cc1C(=O)N[C@@H]1CN(C(=O)c2ccccc2Cl)C[C@@H]1F. The Morgan fingerprint density at radius 3 is 2.56 bits per heavy atom. The fourth-order valence-corrected chi connectivity index (χ4v) is 4.85. The number of aromatic nitrogens is 3. The number of likely N-dealkylation sites (tertiary alicyclic amines) is 1. The van der Waals surface area contributed by atoms with Gasteiger partial charge in [0.05, 0.1) is 34.4 Å². The molecule has 2 aromatic carbocycles. The molecule has 0 aliphatic carbocycles. The molecule has 2 amide bonds. The number of nitrogens with two attached hydrogens (primary N) is 1. The fourth-order valence-electron chi connectivity index (χ4n) is 4.63. The lowest BCUT2D eigenvalue weighted by atomic mass is 10.0. The van der Waals surface area contributed by atoms with Crippen molar-refractivity contribution in [1.29, 1.82) is 0 Å². The molecular formula is C26H21ClF4N6O2. The highest BCUT2D eigenvalue weighted by Gasteiger charge is 2.38. The van der Waals surface area contributed by atoms with Crippen molar-refractivity contribution in [1.82, 2.24) is 24.8 Å². The van der Waals surface area contributed by atoms with E-state index in [0.29, 0.717) is 5.56 Å². The fraction of sp³-hybridized carbons (Fsp3) is 0.231. The monoisotopic (exact) mass is 560 g/mol. The number of benzene rings is 2. The molecule has 5 rings (SSSR count). The zero-order valence-corrected chi connectivity index (χ0v) is 21.1. The molecule has 3 N–H and O–H groups in total. The van der Waals surface area contributed by atoms with Crippen LogP contribution >= 0.6 is 11.6 Å². The number of anilines is 1. The summed E-state index contributed by atoms with van der Waals surface area (Å²) in [7, 11) is 0. The number of carbonyl (C=O) groups is 2. The highest BCUT2D eigenvalue weighted by molar-refractivity contribution is 6.33. The summed E-state index contributed by atoms with van der Waals surface area (Å²) in [6.07, 6.45) is -5.23. The topological polar surface area (TPSA) is 106 Å². The molecule has 1 aliphatic rings. The van der Waals surface area contributed by atoms with Gasteiger partial charge < -0.3 is 16.0 Å². The number of rotatable bonds is 4. The molecule has 0 bridgehead atoms. The molecule has 4 aromatic rings. The van der Waals surface area contributed by atoms with E-state index in [0.717, 1.165) is 16.9 Å². The Balaban J connectivity index is 1.42. The number of nitrogens with one attached hydrogen (secondary N) is 1. The largest absolute Gasteiger partial charge is 0.418 e. The third kappa shape index (κ3) is 4.87. The maximum Gasteiger partial charge on any atom is 0.418 e. The van der Waals surface area contributed by atoms with E-state index in [-0.39, 0.29) is 46.3 Å². The number of hydrogen-bond acceptors (Lipinski definition) is 5. The molecule has 0 unspecified atom stereocenters. The molecular weight excluding hydrogens is 540 g/mol. The number of halogens is 5. The van der Waals surface area contributed by atoms with E-state index >= 15 is 0 Å². The van der Waals surface area contributed by atoms with Crippen LogP contribution in [0.15, 0.2) is 54.9 Å². The van der Waals surface area contributed by atoms with Crippen LogP contribution in [0.3, 0.4) is 0 Å². The smallest absolute Gasteiger partial charge is 0.382 e. The predicted molar refractivity (Wildman–Crippen MR) is 136 cm³/mol. The first-order valence-electron chi connectivity index (χ1n) is 11.7. The van der Waals surface area contributed by atoms with Gasteiger partial charge >= 0.3 is 6.18 Å². The van der Waals surface area contributed by atoms with Gasteiger partial charge in [-0.25, -0.2) is 13.9 Å². The van der Waals surface area contributed by atoms with Gasteiger partial charge in [-0.05, 0) is 36.8 Å². The van der Waals surface area contributed by atoms with Gasteiger partial charge in [-0.3, -0.25) is 9.59 Å². The zero-order chi connectivity index (χ0) is 28.1. The Morgan fingerprint density at radius 1 is 1.10 bits per heavy atom. The third-order valence-electron chi connectivity index (χ3n) is 6.62. The third-order valence-corrected chi connectivity index (χ3v) is 6.95. The molecule has 2 atom stereocenters. The predicted octanol–water partition coefficient (Wildman–Crippen LogP) is 4.55. The highest BCUT2D eigenvalue weighted by atomic mass is 35.5. The zero-order valence-electron chi connectivity index (χ0n) is 20.3. The minimum Gasteiger partial charge on any atom is -0.382 e. The van der Waals surface area contributed by atoms with Crippen molar-refractivity contribution >= 4 is 34.7 Å². The lowest BCUT2D eigenvalue weighted by molar-refractivity contribution is -0.136. The average Bonchev–Trinajstić information content (AvgIpc) is 3.46. The van der Waals surface area contributed by atoms with Crippen LogP contribution in [0, 0.1) is 6.92 Å². The summed E-state index contributed by atoms with van der Waals surface area (Å²) in [6, 6.07) is 10.8. The Bertz CT molecular complexity index is 1610.